The van der Waals surface area contributed by atoms with Gasteiger partial charge in [0, 0.05) is 11.8 Å². The maximum atomic E-state index is 12.0. The van der Waals surface area contributed by atoms with Gasteiger partial charge >= 0.3 is 5.97 Å². The van der Waals surface area contributed by atoms with Crippen LogP contribution < -0.4 is 10.1 Å². The van der Waals surface area contributed by atoms with Gasteiger partial charge in [-0.2, -0.15) is 0 Å². The number of hydrogen-bond donors (Lipinski definition) is 2. The van der Waals surface area contributed by atoms with Gasteiger partial charge in [0.2, 0.25) is 0 Å². The average Bonchev–Trinajstić information content (AvgIpc) is 2.53. The van der Waals surface area contributed by atoms with Crippen molar-refractivity contribution >= 4 is 28.7 Å². The second kappa shape index (κ2) is 7.51. The smallest absolute Gasteiger partial charge is 0.337 e. The Kier molecular flexibility index (Phi) is 5.43. The highest BCUT2D eigenvalue weighted by Gasteiger charge is 2.14. The lowest BCUT2D eigenvalue weighted by Crippen LogP contribution is -2.10. The summed E-state index contributed by atoms with van der Waals surface area (Å²) in [5, 5.41) is 11.4. The molecule has 0 spiro atoms. The number of ether oxygens (including phenoxy) is 1. The van der Waals surface area contributed by atoms with Crippen molar-refractivity contribution < 1.29 is 19.4 Å². The predicted octanol–water partition coefficient (Wildman–Crippen LogP) is 3.86. The zero-order chi connectivity index (χ0) is 15.9. The summed E-state index contributed by atoms with van der Waals surface area (Å²) >= 11 is 1.07. The number of nitrogens with one attached hydrogen (secondary N) is 1. The van der Waals surface area contributed by atoms with Crippen LogP contribution in [0.5, 0.6) is 5.75 Å². The summed E-state index contributed by atoms with van der Waals surface area (Å²) in [5.41, 5.74) is 1.26. The lowest BCUT2D eigenvalue weighted by atomic mass is 10.1. The first-order chi connectivity index (χ1) is 10.6. The fourth-order valence-corrected chi connectivity index (χ4v) is 2.48. The van der Waals surface area contributed by atoms with Crippen molar-refractivity contribution in [1.82, 2.24) is 0 Å². The zero-order valence-corrected chi connectivity index (χ0v) is 12.7. The topological polar surface area (TPSA) is 75.6 Å². The number of carboxylic acids is 1. The highest BCUT2D eigenvalue weighted by molar-refractivity contribution is 8.13. The third-order valence-electron chi connectivity index (χ3n) is 2.91. The number of methoxy groups -OCH3 is 1. The van der Waals surface area contributed by atoms with E-state index in [9.17, 15) is 9.59 Å². The first-order valence-electron chi connectivity index (χ1n) is 6.49. The number of carbonyl (C=O) groups is 2. The van der Waals surface area contributed by atoms with Crippen molar-refractivity contribution in [3.63, 3.8) is 0 Å². The van der Waals surface area contributed by atoms with Gasteiger partial charge in [0.05, 0.1) is 18.4 Å². The molecular weight excluding hydrogens is 302 g/mol. The van der Waals surface area contributed by atoms with E-state index in [1.807, 2.05) is 30.3 Å². The van der Waals surface area contributed by atoms with E-state index in [2.05, 4.69) is 5.32 Å². The lowest BCUT2D eigenvalue weighted by Gasteiger charge is -2.10. The van der Waals surface area contributed by atoms with Crippen molar-refractivity contribution in [3.8, 4) is 5.75 Å². The summed E-state index contributed by atoms with van der Waals surface area (Å²) in [6.07, 6.45) is 0. The third-order valence-corrected chi connectivity index (χ3v) is 3.75. The maximum Gasteiger partial charge on any atom is 0.337 e. The molecule has 2 N–H and O–H groups in total. The Morgan fingerprint density at radius 2 is 1.91 bits per heavy atom. The van der Waals surface area contributed by atoms with E-state index in [1.54, 1.807) is 0 Å². The zero-order valence-electron chi connectivity index (χ0n) is 11.9. The Balaban J connectivity index is 2.05. The Morgan fingerprint density at radius 1 is 1.18 bits per heavy atom. The van der Waals surface area contributed by atoms with E-state index < -0.39 is 5.97 Å². The van der Waals surface area contributed by atoms with Crippen LogP contribution in [0.3, 0.4) is 0 Å². The van der Waals surface area contributed by atoms with Gasteiger partial charge in [-0.1, -0.05) is 42.1 Å². The average molecular weight is 317 g/mol. The van der Waals surface area contributed by atoms with Gasteiger partial charge in [0.25, 0.3) is 5.24 Å². The first-order valence-corrected chi connectivity index (χ1v) is 7.47. The molecule has 0 radical (unpaired) electrons. The Bertz CT molecular complexity index is 673. The number of benzene rings is 2. The quantitative estimate of drug-likeness (QED) is 0.876. The Labute approximate surface area is 132 Å². The SMILES string of the molecule is COc1ccc(C(=O)O)c(NC(=O)SCc2ccccc2)c1. The lowest BCUT2D eigenvalue weighted by molar-refractivity contribution is 0.0698. The Hall–Kier alpha value is -2.47. The van der Waals surface area contributed by atoms with Crippen molar-refractivity contribution in [1.29, 1.82) is 0 Å². The molecule has 0 saturated carbocycles. The van der Waals surface area contributed by atoms with Crippen molar-refractivity contribution in [2.45, 2.75) is 5.75 Å². The molecule has 0 aliphatic rings. The minimum atomic E-state index is -1.11. The van der Waals surface area contributed by atoms with Gasteiger partial charge in [-0.05, 0) is 17.7 Å². The van der Waals surface area contributed by atoms with Crippen LogP contribution in [0.25, 0.3) is 0 Å². The number of amides is 1. The molecule has 0 aliphatic heterocycles. The summed E-state index contributed by atoms with van der Waals surface area (Å²) in [6.45, 7) is 0. The first kappa shape index (κ1) is 15.9. The molecule has 0 bridgehead atoms. The van der Waals surface area contributed by atoms with E-state index in [-0.39, 0.29) is 16.5 Å². The number of carbonyl (C=O) groups excluding carboxylic acids is 1. The number of anilines is 1. The van der Waals surface area contributed by atoms with E-state index in [0.717, 1.165) is 17.3 Å². The maximum absolute atomic E-state index is 12.0. The minimum Gasteiger partial charge on any atom is -0.497 e. The summed E-state index contributed by atoms with van der Waals surface area (Å²) in [6, 6.07) is 14.0. The molecule has 6 heteroatoms. The molecule has 0 atom stereocenters. The molecule has 2 aromatic carbocycles. The van der Waals surface area contributed by atoms with Gasteiger partial charge in [-0.15, -0.1) is 0 Å². The van der Waals surface area contributed by atoms with Crippen molar-refractivity contribution in [2.75, 3.05) is 12.4 Å². The van der Waals surface area contributed by atoms with E-state index >= 15 is 0 Å². The van der Waals surface area contributed by atoms with Gasteiger partial charge in [0.1, 0.15) is 5.75 Å². The molecule has 0 fully saturated rings. The highest BCUT2D eigenvalue weighted by atomic mass is 32.2. The Morgan fingerprint density at radius 3 is 2.55 bits per heavy atom. The minimum absolute atomic E-state index is 0.0226. The number of thioether (sulfide) groups is 1. The molecule has 0 aliphatic carbocycles. The third kappa shape index (κ3) is 4.26. The molecule has 0 unspecified atom stereocenters. The second-order valence-electron chi connectivity index (χ2n) is 4.40. The molecule has 5 nitrogen and oxygen atoms in total. The normalized spacial score (nSPS) is 10.0. The highest BCUT2D eigenvalue weighted by Crippen LogP contribution is 2.24. The van der Waals surface area contributed by atoms with E-state index in [1.165, 1.54) is 25.3 Å². The number of carboxylic acid groups (broad SMARTS) is 1. The van der Waals surface area contributed by atoms with E-state index in [0.29, 0.717) is 11.5 Å². The fourth-order valence-electron chi connectivity index (χ4n) is 1.81. The second-order valence-corrected chi connectivity index (χ2v) is 5.35. The van der Waals surface area contributed by atoms with Crippen LogP contribution in [0.1, 0.15) is 15.9 Å². The summed E-state index contributed by atoms with van der Waals surface area (Å²) in [5.74, 6) is -0.113. The summed E-state index contributed by atoms with van der Waals surface area (Å²) in [4.78, 5) is 23.2. The summed E-state index contributed by atoms with van der Waals surface area (Å²) in [7, 11) is 1.48. The predicted molar refractivity (Wildman–Crippen MR) is 86.7 cm³/mol. The number of rotatable bonds is 5. The van der Waals surface area contributed by atoms with Crippen LogP contribution in [0.4, 0.5) is 10.5 Å². The molecule has 0 saturated heterocycles. The van der Waals surface area contributed by atoms with E-state index in [4.69, 9.17) is 9.84 Å². The van der Waals surface area contributed by atoms with Gasteiger partial charge < -0.3 is 15.2 Å². The molecule has 2 rings (SSSR count). The van der Waals surface area contributed by atoms with Gasteiger partial charge in [0.15, 0.2) is 0 Å². The monoisotopic (exact) mass is 317 g/mol. The number of hydrogen-bond acceptors (Lipinski definition) is 4. The summed E-state index contributed by atoms with van der Waals surface area (Å²) < 4.78 is 5.05. The molecular formula is C16H15NO4S. The van der Waals surface area contributed by atoms with Crippen LogP contribution in [-0.4, -0.2) is 23.4 Å². The largest absolute Gasteiger partial charge is 0.497 e. The van der Waals surface area contributed by atoms with Crippen LogP contribution in [0, 0.1) is 0 Å². The molecule has 1 amide bonds. The molecule has 114 valence electrons. The molecule has 0 heterocycles. The van der Waals surface area contributed by atoms with Crippen molar-refractivity contribution in [3.05, 3.63) is 59.7 Å². The fraction of sp³-hybridized carbons (Fsp3) is 0.125. The number of aromatic carboxylic acids is 1. The molecule has 2 aromatic rings. The van der Waals surface area contributed by atoms with Gasteiger partial charge in [-0.25, -0.2) is 4.79 Å². The van der Waals surface area contributed by atoms with Crippen LogP contribution in [0.2, 0.25) is 0 Å². The van der Waals surface area contributed by atoms with Crippen LogP contribution in [-0.2, 0) is 5.75 Å². The van der Waals surface area contributed by atoms with Crippen LogP contribution in [0.15, 0.2) is 48.5 Å². The van der Waals surface area contributed by atoms with Gasteiger partial charge in [-0.3, -0.25) is 4.79 Å². The molecule has 0 aromatic heterocycles. The molecule has 22 heavy (non-hydrogen) atoms. The van der Waals surface area contributed by atoms with Crippen molar-refractivity contribution in [2.24, 2.45) is 0 Å². The van der Waals surface area contributed by atoms with Crippen LogP contribution >= 0.6 is 11.8 Å². The standard InChI is InChI=1S/C16H15NO4S/c1-21-12-7-8-13(15(18)19)14(9-12)17-16(20)22-10-11-5-3-2-4-6-11/h2-9H,10H2,1H3,(H,17,20)(H,18,19).